The van der Waals surface area contributed by atoms with Gasteiger partial charge in [0.1, 0.15) is 13.2 Å². The van der Waals surface area contributed by atoms with Gasteiger partial charge < -0.3 is 14.2 Å². The summed E-state index contributed by atoms with van der Waals surface area (Å²) in [6.07, 6.45) is 46.7. The second-order valence-electron chi connectivity index (χ2n) is 17.9. The number of rotatable bonds is 46. The van der Waals surface area contributed by atoms with Crippen LogP contribution in [0.25, 0.3) is 0 Å². The minimum atomic E-state index is -0.759. The molecule has 0 aromatic carbocycles. The molecule has 0 aromatic rings. The molecule has 0 fully saturated rings. The summed E-state index contributed by atoms with van der Waals surface area (Å²) in [5.74, 6) is -0.0555. The zero-order valence-electron chi connectivity index (χ0n) is 38.8. The Hall–Kier alpha value is -1.59. The SMILES string of the molecule is CCCCCCCCCCCCCCCCCCCCCC(=O)OC[C@@H](COC(=O)CCCCCCCCCCC(C)C)OC(=O)CCCCCCCCCCC. The fraction of sp³-hybridized carbons (Fsp3) is 0.941. The molecule has 0 radical (unpaired) electrons. The zero-order chi connectivity index (χ0) is 41.7. The van der Waals surface area contributed by atoms with E-state index in [1.54, 1.807) is 0 Å². The molecule has 0 saturated heterocycles. The molecule has 0 rings (SSSR count). The smallest absolute Gasteiger partial charge is 0.306 e. The quantitative estimate of drug-likeness (QED) is 0.0346. The summed E-state index contributed by atoms with van der Waals surface area (Å²) in [6.45, 7) is 8.97. The number of carbonyl (C=O) groups excluding carboxylic acids is 3. The number of ether oxygens (including phenoxy) is 3. The van der Waals surface area contributed by atoms with Crippen LogP contribution in [0.15, 0.2) is 0 Å². The Kier molecular flexibility index (Phi) is 44.2. The molecule has 0 unspecified atom stereocenters. The van der Waals surface area contributed by atoms with Crippen molar-refractivity contribution < 1.29 is 28.6 Å². The maximum absolute atomic E-state index is 12.7. The van der Waals surface area contributed by atoms with Crippen LogP contribution in [-0.2, 0) is 28.6 Å². The number of hydrogen-bond donors (Lipinski definition) is 0. The normalized spacial score (nSPS) is 11.9. The Balaban J connectivity index is 4.19. The first-order chi connectivity index (χ1) is 27.9. The van der Waals surface area contributed by atoms with Crippen molar-refractivity contribution in [2.45, 2.75) is 291 Å². The first-order valence-electron chi connectivity index (χ1n) is 25.4. The lowest BCUT2D eigenvalue weighted by Gasteiger charge is -2.18. The van der Waals surface area contributed by atoms with Crippen molar-refractivity contribution in [1.82, 2.24) is 0 Å². The van der Waals surface area contributed by atoms with Crippen molar-refractivity contribution in [1.29, 1.82) is 0 Å². The van der Waals surface area contributed by atoms with Crippen LogP contribution in [0.1, 0.15) is 285 Å². The average Bonchev–Trinajstić information content (AvgIpc) is 3.19. The van der Waals surface area contributed by atoms with Crippen LogP contribution < -0.4 is 0 Å². The van der Waals surface area contributed by atoms with E-state index < -0.39 is 6.10 Å². The van der Waals surface area contributed by atoms with E-state index in [-0.39, 0.29) is 31.1 Å². The third-order valence-corrected chi connectivity index (χ3v) is 11.5. The maximum atomic E-state index is 12.7. The summed E-state index contributed by atoms with van der Waals surface area (Å²) < 4.78 is 16.7. The van der Waals surface area contributed by atoms with E-state index in [4.69, 9.17) is 14.2 Å². The Morgan fingerprint density at radius 1 is 0.333 bits per heavy atom. The molecule has 0 spiro atoms. The van der Waals surface area contributed by atoms with Crippen molar-refractivity contribution in [3.05, 3.63) is 0 Å². The van der Waals surface area contributed by atoms with E-state index in [1.807, 2.05) is 0 Å². The van der Waals surface area contributed by atoms with Crippen LogP contribution >= 0.6 is 0 Å². The average molecular weight is 807 g/mol. The van der Waals surface area contributed by atoms with E-state index >= 15 is 0 Å². The third kappa shape index (κ3) is 45.3. The fourth-order valence-corrected chi connectivity index (χ4v) is 7.69. The predicted molar refractivity (Wildman–Crippen MR) is 243 cm³/mol. The largest absolute Gasteiger partial charge is 0.462 e. The molecule has 0 saturated carbocycles. The first-order valence-corrected chi connectivity index (χ1v) is 25.4. The Bertz CT molecular complexity index is 857. The second-order valence-corrected chi connectivity index (χ2v) is 17.9. The molecule has 6 heteroatoms. The van der Waals surface area contributed by atoms with Crippen LogP contribution in [0, 0.1) is 5.92 Å². The zero-order valence-corrected chi connectivity index (χ0v) is 38.8. The molecular weight excluding hydrogens is 709 g/mol. The molecule has 0 aromatic heterocycles. The lowest BCUT2D eigenvalue weighted by atomic mass is 10.0. The Morgan fingerprint density at radius 3 is 0.860 bits per heavy atom. The molecule has 0 amide bonds. The molecule has 57 heavy (non-hydrogen) atoms. The molecule has 0 N–H and O–H groups in total. The highest BCUT2D eigenvalue weighted by molar-refractivity contribution is 5.71. The summed E-state index contributed by atoms with van der Waals surface area (Å²) in [4.78, 5) is 37.8. The Morgan fingerprint density at radius 2 is 0.579 bits per heavy atom. The molecule has 0 aliphatic heterocycles. The molecular formula is C51H98O6. The number of esters is 3. The van der Waals surface area contributed by atoms with Gasteiger partial charge in [-0.2, -0.15) is 0 Å². The molecule has 1 atom stereocenters. The molecule has 0 heterocycles. The van der Waals surface area contributed by atoms with Gasteiger partial charge in [-0.1, -0.05) is 246 Å². The van der Waals surface area contributed by atoms with Gasteiger partial charge in [-0.3, -0.25) is 14.4 Å². The van der Waals surface area contributed by atoms with Crippen molar-refractivity contribution in [3.8, 4) is 0 Å². The van der Waals surface area contributed by atoms with Gasteiger partial charge in [0.15, 0.2) is 6.10 Å². The van der Waals surface area contributed by atoms with Gasteiger partial charge in [-0.25, -0.2) is 0 Å². The van der Waals surface area contributed by atoms with Gasteiger partial charge in [0.05, 0.1) is 0 Å². The van der Waals surface area contributed by atoms with E-state index in [2.05, 4.69) is 27.7 Å². The van der Waals surface area contributed by atoms with Gasteiger partial charge in [0.2, 0.25) is 0 Å². The topological polar surface area (TPSA) is 78.9 Å². The summed E-state index contributed by atoms with van der Waals surface area (Å²) in [7, 11) is 0. The van der Waals surface area contributed by atoms with Gasteiger partial charge in [-0.15, -0.1) is 0 Å². The first kappa shape index (κ1) is 55.4. The minimum absolute atomic E-state index is 0.0636. The Labute approximate surface area is 355 Å². The molecule has 0 aliphatic rings. The number of unbranched alkanes of at least 4 members (excludes halogenated alkanes) is 33. The van der Waals surface area contributed by atoms with Crippen LogP contribution in [0.3, 0.4) is 0 Å². The molecule has 338 valence electrons. The van der Waals surface area contributed by atoms with Crippen LogP contribution in [-0.4, -0.2) is 37.2 Å². The molecule has 0 bridgehead atoms. The summed E-state index contributed by atoms with van der Waals surface area (Å²) in [5, 5.41) is 0. The van der Waals surface area contributed by atoms with Crippen molar-refractivity contribution >= 4 is 17.9 Å². The second kappa shape index (κ2) is 45.5. The highest BCUT2D eigenvalue weighted by Crippen LogP contribution is 2.17. The van der Waals surface area contributed by atoms with E-state index in [0.29, 0.717) is 19.3 Å². The number of hydrogen-bond acceptors (Lipinski definition) is 6. The van der Waals surface area contributed by atoms with E-state index in [1.165, 1.54) is 180 Å². The van der Waals surface area contributed by atoms with E-state index in [0.717, 1.165) is 63.7 Å². The summed E-state index contributed by atoms with van der Waals surface area (Å²) in [5.41, 5.74) is 0. The monoisotopic (exact) mass is 807 g/mol. The van der Waals surface area contributed by atoms with Gasteiger partial charge in [0, 0.05) is 19.3 Å². The highest BCUT2D eigenvalue weighted by atomic mass is 16.6. The van der Waals surface area contributed by atoms with Crippen molar-refractivity contribution in [3.63, 3.8) is 0 Å². The van der Waals surface area contributed by atoms with Crippen LogP contribution in [0.4, 0.5) is 0 Å². The predicted octanol–water partition coefficient (Wildman–Crippen LogP) is 16.3. The van der Waals surface area contributed by atoms with Crippen molar-refractivity contribution in [2.75, 3.05) is 13.2 Å². The maximum Gasteiger partial charge on any atom is 0.306 e. The highest BCUT2D eigenvalue weighted by Gasteiger charge is 2.19. The van der Waals surface area contributed by atoms with E-state index in [9.17, 15) is 14.4 Å². The summed E-state index contributed by atoms with van der Waals surface area (Å²) in [6, 6.07) is 0. The third-order valence-electron chi connectivity index (χ3n) is 11.5. The van der Waals surface area contributed by atoms with Gasteiger partial charge in [0.25, 0.3) is 0 Å². The van der Waals surface area contributed by atoms with Crippen LogP contribution in [0.2, 0.25) is 0 Å². The van der Waals surface area contributed by atoms with Crippen molar-refractivity contribution in [2.24, 2.45) is 5.92 Å². The van der Waals surface area contributed by atoms with Crippen LogP contribution in [0.5, 0.6) is 0 Å². The van der Waals surface area contributed by atoms with Gasteiger partial charge in [-0.05, 0) is 25.2 Å². The fourth-order valence-electron chi connectivity index (χ4n) is 7.69. The lowest BCUT2D eigenvalue weighted by molar-refractivity contribution is -0.167. The molecule has 6 nitrogen and oxygen atoms in total. The van der Waals surface area contributed by atoms with Gasteiger partial charge >= 0.3 is 17.9 Å². The molecule has 0 aliphatic carbocycles. The standard InChI is InChI=1S/C51H98O6/c1-5-7-9-11-13-15-16-17-18-19-20-21-22-23-24-26-30-34-38-42-49(52)55-45-48(57-51(54)44-40-36-32-25-14-12-10-8-6-2)46-56-50(53)43-39-35-31-28-27-29-33-37-41-47(3)4/h47-48H,5-46H2,1-4H3/t48-/m0/s1. The number of carbonyl (C=O) groups is 3. The lowest BCUT2D eigenvalue weighted by Crippen LogP contribution is -2.30. The summed E-state index contributed by atoms with van der Waals surface area (Å²) >= 11 is 0. The minimum Gasteiger partial charge on any atom is -0.462 e.